The van der Waals surface area contributed by atoms with E-state index in [4.69, 9.17) is 21.2 Å². The smallest absolute Gasteiger partial charge is 0.247 e. The van der Waals surface area contributed by atoms with Crippen molar-refractivity contribution in [3.63, 3.8) is 0 Å². The molecule has 37 heavy (non-hydrogen) atoms. The van der Waals surface area contributed by atoms with E-state index in [9.17, 15) is 9.59 Å². The van der Waals surface area contributed by atoms with Crippen LogP contribution in [0.1, 0.15) is 28.7 Å². The molecule has 1 unspecified atom stereocenters. The number of nitrogens with zero attached hydrogens (tertiary/aromatic N) is 1. The topological polar surface area (TPSA) is 95.6 Å². The maximum atomic E-state index is 12.3. The van der Waals surface area contributed by atoms with Gasteiger partial charge in [0.1, 0.15) is 19.6 Å². The summed E-state index contributed by atoms with van der Waals surface area (Å²) in [5.41, 5.74) is 7.85. The Morgan fingerprint density at radius 3 is 2.14 bits per heavy atom. The summed E-state index contributed by atoms with van der Waals surface area (Å²) in [6.45, 7) is 12.6. The molecule has 0 aromatic heterocycles. The number of rotatable bonds is 3. The average Bonchev–Trinajstić information content (AvgIpc) is 2.88. The van der Waals surface area contributed by atoms with Crippen LogP contribution in [-0.4, -0.2) is 38.5 Å². The number of benzene rings is 3. The summed E-state index contributed by atoms with van der Waals surface area (Å²) in [4.78, 5) is 42.3. The van der Waals surface area contributed by atoms with Crippen molar-refractivity contribution in [2.24, 2.45) is 0 Å². The molecule has 0 aliphatic carbocycles. The molecule has 0 bridgehead atoms. The largest absolute Gasteiger partial charge is 0.361 e. The van der Waals surface area contributed by atoms with E-state index < -0.39 is 6.04 Å². The summed E-state index contributed by atoms with van der Waals surface area (Å²) < 4.78 is 0. The van der Waals surface area contributed by atoms with Crippen molar-refractivity contribution >= 4 is 54.1 Å². The fraction of sp³-hybridized carbons (Fsp3) is 0.241. The number of amides is 2. The molecule has 1 aliphatic rings. The molecule has 3 aromatic carbocycles. The molecule has 196 valence electrons. The Kier molecular flexibility index (Phi) is 12.8. The molecule has 0 radical (unpaired) electrons. The number of para-hydroxylation sites is 2. The Morgan fingerprint density at radius 1 is 0.946 bits per heavy atom. The monoisotopic (exact) mass is 523 g/mol. The van der Waals surface area contributed by atoms with E-state index in [0.717, 1.165) is 11.4 Å². The lowest BCUT2D eigenvalue weighted by molar-refractivity contribution is -0.122. The lowest BCUT2D eigenvalue weighted by atomic mass is 10.0. The van der Waals surface area contributed by atoms with Gasteiger partial charge in [0.05, 0.1) is 17.8 Å². The third-order valence-corrected chi connectivity index (χ3v) is 6.11. The van der Waals surface area contributed by atoms with E-state index in [2.05, 4.69) is 50.5 Å². The summed E-state index contributed by atoms with van der Waals surface area (Å²) in [6.07, 6.45) is 0.0587. The van der Waals surface area contributed by atoms with Crippen LogP contribution >= 0.6 is 11.6 Å². The molecule has 0 spiro atoms. The van der Waals surface area contributed by atoms with Crippen LogP contribution < -0.4 is 15.5 Å². The first-order valence-electron chi connectivity index (χ1n) is 11.5. The molecule has 2 N–H and O–H groups in total. The van der Waals surface area contributed by atoms with E-state index in [1.54, 1.807) is 24.3 Å². The maximum Gasteiger partial charge on any atom is 0.247 e. The van der Waals surface area contributed by atoms with Crippen molar-refractivity contribution < 1.29 is 19.2 Å². The molecule has 1 atom stereocenters. The number of halogens is 1. The first-order valence-corrected chi connectivity index (χ1v) is 11.8. The number of aryl methyl sites for hydroxylation is 3. The number of hydrogen-bond donors (Lipinski definition) is 2. The van der Waals surface area contributed by atoms with Gasteiger partial charge in [0.25, 0.3) is 0 Å². The molecule has 8 heteroatoms. The van der Waals surface area contributed by atoms with Crippen molar-refractivity contribution in [3.05, 3.63) is 87.9 Å². The van der Waals surface area contributed by atoms with Crippen LogP contribution in [0, 0.1) is 27.7 Å². The van der Waals surface area contributed by atoms with Gasteiger partial charge in [0, 0.05) is 17.8 Å². The second-order valence-corrected chi connectivity index (χ2v) is 8.86. The molecule has 3 aromatic rings. The second-order valence-electron chi connectivity index (χ2n) is 8.42. The number of carbonyl (C=O) groups excluding carboxylic acids is 4. The standard InChI is InChI=1S/C17H16ClN3O2.C10H14.2CH2O/c1-21-14-8-3-2-7-13(14)20-17(23)15(21)10-16(22)19-12-6-4-5-11(18)9-12;1-7-5-8(2)10(4)9(3)6-7;2*1-2/h2-9,15H,10H2,1H3,(H,19,22)(H,20,23);5-6H,1-4H3;2*1H2. The average molecular weight is 524 g/mol. The number of likely N-dealkylation sites (N-methyl/N-ethyl adjacent to an activating group) is 1. The maximum absolute atomic E-state index is 12.3. The Labute approximate surface area is 223 Å². The van der Waals surface area contributed by atoms with Crippen LogP contribution in [0.2, 0.25) is 5.02 Å². The van der Waals surface area contributed by atoms with Crippen LogP contribution in [0.15, 0.2) is 60.7 Å². The molecule has 2 amide bonds. The molecule has 0 saturated carbocycles. The molecule has 4 rings (SSSR count). The second kappa shape index (κ2) is 15.2. The number of fused-ring (bicyclic) bond motifs is 1. The van der Waals surface area contributed by atoms with Crippen LogP contribution in [0.4, 0.5) is 17.1 Å². The summed E-state index contributed by atoms with van der Waals surface area (Å²) in [7, 11) is 1.81. The summed E-state index contributed by atoms with van der Waals surface area (Å²) in [5.74, 6) is -0.425. The highest BCUT2D eigenvalue weighted by Crippen LogP contribution is 2.31. The van der Waals surface area contributed by atoms with E-state index in [1.165, 1.54) is 22.3 Å². The molecule has 1 heterocycles. The van der Waals surface area contributed by atoms with Gasteiger partial charge in [-0.05, 0) is 74.7 Å². The predicted molar refractivity (Wildman–Crippen MR) is 152 cm³/mol. The SMILES string of the molecule is C=O.C=O.CN1c2ccccc2NC(=O)C1CC(=O)Nc1cccc(Cl)c1.Cc1cc(C)c(C)c(C)c1. The molecule has 0 saturated heterocycles. The van der Waals surface area contributed by atoms with Gasteiger partial charge in [-0.15, -0.1) is 0 Å². The van der Waals surface area contributed by atoms with Gasteiger partial charge in [-0.25, -0.2) is 0 Å². The molecule has 7 nitrogen and oxygen atoms in total. The van der Waals surface area contributed by atoms with E-state index in [1.807, 2.05) is 49.8 Å². The van der Waals surface area contributed by atoms with Crippen molar-refractivity contribution in [3.8, 4) is 0 Å². The number of anilines is 3. The quantitative estimate of drug-likeness (QED) is 0.460. The van der Waals surface area contributed by atoms with E-state index in [-0.39, 0.29) is 18.2 Å². The van der Waals surface area contributed by atoms with Crippen LogP contribution in [0.3, 0.4) is 0 Å². The minimum absolute atomic E-state index is 0.0587. The Balaban J connectivity index is 0.000000409. The number of carbonyl (C=O) groups is 4. The molecule has 0 fully saturated rings. The highest BCUT2D eigenvalue weighted by molar-refractivity contribution is 6.30. The first kappa shape index (κ1) is 31.1. The van der Waals surface area contributed by atoms with Crippen LogP contribution in [-0.2, 0) is 19.2 Å². The third kappa shape index (κ3) is 8.88. The van der Waals surface area contributed by atoms with E-state index >= 15 is 0 Å². The van der Waals surface area contributed by atoms with Crippen molar-refractivity contribution in [2.75, 3.05) is 22.6 Å². The van der Waals surface area contributed by atoms with E-state index in [0.29, 0.717) is 10.7 Å². The number of hydrogen-bond acceptors (Lipinski definition) is 5. The zero-order chi connectivity index (χ0) is 28.1. The minimum atomic E-state index is -0.552. The Bertz CT molecular complexity index is 1190. The minimum Gasteiger partial charge on any atom is -0.361 e. The van der Waals surface area contributed by atoms with Gasteiger partial charge in [-0.3, -0.25) is 9.59 Å². The number of nitrogens with one attached hydrogen (secondary N) is 2. The Hall–Kier alpha value is -3.97. The normalized spacial score (nSPS) is 13.2. The lowest BCUT2D eigenvalue weighted by Crippen LogP contribution is -2.47. The van der Waals surface area contributed by atoms with Gasteiger partial charge in [0.2, 0.25) is 11.8 Å². The summed E-state index contributed by atoms with van der Waals surface area (Å²) in [6, 6.07) is 18.3. The van der Waals surface area contributed by atoms with Gasteiger partial charge < -0.3 is 25.1 Å². The fourth-order valence-electron chi connectivity index (χ4n) is 3.88. The molecule has 1 aliphatic heterocycles. The third-order valence-electron chi connectivity index (χ3n) is 5.87. The summed E-state index contributed by atoms with van der Waals surface area (Å²) >= 11 is 5.90. The van der Waals surface area contributed by atoms with Crippen LogP contribution in [0.25, 0.3) is 0 Å². The van der Waals surface area contributed by atoms with Gasteiger partial charge in [-0.1, -0.05) is 47.5 Å². The zero-order valence-corrected chi connectivity index (χ0v) is 22.7. The first-order chi connectivity index (χ1) is 17.7. The highest BCUT2D eigenvalue weighted by atomic mass is 35.5. The van der Waals surface area contributed by atoms with Gasteiger partial charge >= 0.3 is 0 Å². The van der Waals surface area contributed by atoms with Gasteiger partial charge in [0.15, 0.2) is 0 Å². The van der Waals surface area contributed by atoms with Gasteiger partial charge in [-0.2, -0.15) is 0 Å². The van der Waals surface area contributed by atoms with Crippen LogP contribution in [0.5, 0.6) is 0 Å². The fourth-order valence-corrected chi connectivity index (χ4v) is 4.07. The van der Waals surface area contributed by atoms with Crippen molar-refractivity contribution in [2.45, 2.75) is 40.2 Å². The highest BCUT2D eigenvalue weighted by Gasteiger charge is 2.32. The molecular formula is C29H34ClN3O4. The van der Waals surface area contributed by atoms with Crippen molar-refractivity contribution in [1.29, 1.82) is 0 Å². The molecular weight excluding hydrogens is 490 g/mol. The lowest BCUT2D eigenvalue weighted by Gasteiger charge is -2.34. The zero-order valence-electron chi connectivity index (χ0n) is 21.9. The summed E-state index contributed by atoms with van der Waals surface area (Å²) in [5, 5.41) is 6.15. The predicted octanol–water partition coefficient (Wildman–Crippen LogP) is 5.68. The Morgan fingerprint density at radius 2 is 1.54 bits per heavy atom. The van der Waals surface area contributed by atoms with Crippen molar-refractivity contribution in [1.82, 2.24) is 0 Å².